The molecule has 4 aromatic rings. The maximum Gasteiger partial charge on any atom is 0.169 e. The van der Waals surface area contributed by atoms with Gasteiger partial charge in [-0.2, -0.15) is 0 Å². The molecular weight excluding hydrogens is 352 g/mol. The summed E-state index contributed by atoms with van der Waals surface area (Å²) in [5.74, 6) is 0.703. The first kappa shape index (κ1) is 17.7. The summed E-state index contributed by atoms with van der Waals surface area (Å²) in [6.45, 7) is 3.89. The minimum atomic E-state index is 0.00504. The van der Waals surface area contributed by atoms with Crippen molar-refractivity contribution in [3.8, 4) is 22.6 Å². The number of hydrogen-bond donors (Lipinski definition) is 0. The maximum atomic E-state index is 12.5. The van der Waals surface area contributed by atoms with Gasteiger partial charge in [0, 0.05) is 41.3 Å². The summed E-state index contributed by atoms with van der Waals surface area (Å²) < 4.78 is 5.24. The highest BCUT2D eigenvalue weighted by molar-refractivity contribution is 5.98. The Kier molecular flexibility index (Phi) is 4.76. The fraction of sp³-hybridized carbons (Fsp3) is 0.136. The summed E-state index contributed by atoms with van der Waals surface area (Å²) in [6, 6.07) is 9.55. The molecular formula is C22H18N4O2. The third-order valence-electron chi connectivity index (χ3n) is 4.60. The molecule has 28 heavy (non-hydrogen) atoms. The van der Waals surface area contributed by atoms with Crippen molar-refractivity contribution in [1.82, 2.24) is 20.1 Å². The number of carbonyl (C=O) groups is 1. The van der Waals surface area contributed by atoms with E-state index in [1.807, 2.05) is 38.1 Å². The van der Waals surface area contributed by atoms with Crippen LogP contribution in [0.5, 0.6) is 0 Å². The third-order valence-corrected chi connectivity index (χ3v) is 4.60. The number of aryl methyl sites for hydroxylation is 2. The van der Waals surface area contributed by atoms with Crippen LogP contribution in [0.25, 0.3) is 22.6 Å². The van der Waals surface area contributed by atoms with Crippen LogP contribution in [0.15, 0.2) is 65.8 Å². The largest absolute Gasteiger partial charge is 0.356 e. The number of hydrogen-bond acceptors (Lipinski definition) is 6. The van der Waals surface area contributed by atoms with Crippen molar-refractivity contribution in [2.45, 2.75) is 20.3 Å². The molecule has 0 fully saturated rings. The Balaban J connectivity index is 1.58. The molecule has 0 N–H and O–H groups in total. The van der Waals surface area contributed by atoms with Gasteiger partial charge in [0.15, 0.2) is 11.5 Å². The fourth-order valence-electron chi connectivity index (χ4n) is 3.05. The molecule has 0 saturated carbocycles. The first-order chi connectivity index (χ1) is 13.6. The van der Waals surface area contributed by atoms with Gasteiger partial charge in [-0.05, 0) is 37.1 Å². The molecule has 0 aliphatic rings. The molecule has 0 aliphatic carbocycles. The molecule has 3 heterocycles. The average molecular weight is 370 g/mol. The van der Waals surface area contributed by atoms with Crippen LogP contribution in [0.4, 0.5) is 0 Å². The molecule has 0 atom stereocenters. The van der Waals surface area contributed by atoms with Crippen LogP contribution in [-0.4, -0.2) is 25.9 Å². The molecule has 0 amide bonds. The predicted molar refractivity (Wildman–Crippen MR) is 105 cm³/mol. The molecule has 0 unspecified atom stereocenters. The number of rotatable bonds is 5. The predicted octanol–water partition coefficient (Wildman–Crippen LogP) is 4.24. The Morgan fingerprint density at radius 3 is 2.57 bits per heavy atom. The van der Waals surface area contributed by atoms with Crippen molar-refractivity contribution in [3.63, 3.8) is 0 Å². The van der Waals surface area contributed by atoms with E-state index < -0.39 is 0 Å². The van der Waals surface area contributed by atoms with E-state index in [-0.39, 0.29) is 12.2 Å². The summed E-state index contributed by atoms with van der Waals surface area (Å²) in [5.41, 5.74) is 5.86. The first-order valence-corrected chi connectivity index (χ1v) is 8.88. The summed E-state index contributed by atoms with van der Waals surface area (Å²) in [6.07, 6.45) is 8.49. The standard InChI is InChI=1S/C22H18N4O2/c1-14-3-4-16(22-6-8-26-28-22)9-19(14)20-13-24-17(12-25-20)10-21(27)18-5-7-23-11-15(18)2/h3-9,11-13H,10H2,1-2H3. The van der Waals surface area contributed by atoms with E-state index in [1.54, 1.807) is 37.1 Å². The minimum absolute atomic E-state index is 0.00504. The van der Waals surface area contributed by atoms with Gasteiger partial charge in [0.25, 0.3) is 0 Å². The lowest BCUT2D eigenvalue weighted by atomic mass is 10.0. The van der Waals surface area contributed by atoms with E-state index in [9.17, 15) is 4.79 Å². The Morgan fingerprint density at radius 1 is 0.964 bits per heavy atom. The van der Waals surface area contributed by atoms with Gasteiger partial charge in [0.05, 0.1) is 30.2 Å². The zero-order valence-corrected chi connectivity index (χ0v) is 15.6. The zero-order valence-electron chi connectivity index (χ0n) is 15.6. The van der Waals surface area contributed by atoms with Crippen molar-refractivity contribution in [2.75, 3.05) is 0 Å². The quantitative estimate of drug-likeness (QED) is 0.489. The van der Waals surface area contributed by atoms with Crippen LogP contribution in [0.1, 0.15) is 27.2 Å². The second-order valence-corrected chi connectivity index (χ2v) is 6.59. The van der Waals surface area contributed by atoms with Gasteiger partial charge in [-0.15, -0.1) is 0 Å². The second kappa shape index (κ2) is 7.52. The van der Waals surface area contributed by atoms with Crippen LogP contribution in [0.3, 0.4) is 0 Å². The highest BCUT2D eigenvalue weighted by Crippen LogP contribution is 2.27. The number of pyridine rings is 1. The Hall–Kier alpha value is -3.67. The van der Waals surface area contributed by atoms with Gasteiger partial charge in [-0.25, -0.2) is 0 Å². The lowest BCUT2D eigenvalue weighted by Crippen LogP contribution is -2.07. The smallest absolute Gasteiger partial charge is 0.169 e. The van der Waals surface area contributed by atoms with Crippen LogP contribution in [0, 0.1) is 13.8 Å². The van der Waals surface area contributed by atoms with Crippen LogP contribution < -0.4 is 0 Å². The number of aromatic nitrogens is 4. The molecule has 6 heteroatoms. The van der Waals surface area contributed by atoms with E-state index in [4.69, 9.17) is 4.52 Å². The first-order valence-electron chi connectivity index (χ1n) is 8.88. The molecule has 3 aromatic heterocycles. The normalized spacial score (nSPS) is 10.8. The van der Waals surface area contributed by atoms with Crippen molar-refractivity contribution in [3.05, 3.63) is 83.7 Å². The topological polar surface area (TPSA) is 81.8 Å². The van der Waals surface area contributed by atoms with E-state index in [0.29, 0.717) is 17.0 Å². The highest BCUT2D eigenvalue weighted by Gasteiger charge is 2.13. The Morgan fingerprint density at radius 2 is 1.86 bits per heavy atom. The lowest BCUT2D eigenvalue weighted by molar-refractivity contribution is 0.0991. The average Bonchev–Trinajstić information content (AvgIpc) is 3.24. The van der Waals surface area contributed by atoms with Gasteiger partial charge >= 0.3 is 0 Å². The van der Waals surface area contributed by atoms with E-state index in [0.717, 1.165) is 27.9 Å². The summed E-state index contributed by atoms with van der Waals surface area (Å²) in [5, 5.41) is 3.75. The molecule has 4 rings (SSSR count). The van der Waals surface area contributed by atoms with Gasteiger partial charge in [-0.3, -0.25) is 19.7 Å². The number of carbonyl (C=O) groups excluding carboxylic acids is 1. The van der Waals surface area contributed by atoms with Crippen molar-refractivity contribution in [2.24, 2.45) is 0 Å². The molecule has 138 valence electrons. The Labute approximate surface area is 162 Å². The molecule has 0 saturated heterocycles. The number of ketones is 1. The summed E-state index contributed by atoms with van der Waals surface area (Å²) in [7, 11) is 0. The molecule has 0 radical (unpaired) electrons. The van der Waals surface area contributed by atoms with Gasteiger partial charge in [-0.1, -0.05) is 17.3 Å². The number of nitrogens with zero attached hydrogens (tertiary/aromatic N) is 4. The van der Waals surface area contributed by atoms with E-state index in [2.05, 4.69) is 20.1 Å². The van der Waals surface area contributed by atoms with Gasteiger partial charge in [0.1, 0.15) is 0 Å². The Bertz CT molecular complexity index is 1120. The number of Topliss-reactive ketones (excluding diaryl/α,β-unsaturated/α-hetero) is 1. The molecule has 1 aromatic carbocycles. The number of benzene rings is 1. The van der Waals surface area contributed by atoms with Crippen molar-refractivity contribution >= 4 is 5.78 Å². The fourth-order valence-corrected chi connectivity index (χ4v) is 3.05. The lowest BCUT2D eigenvalue weighted by Gasteiger charge is -2.08. The van der Waals surface area contributed by atoms with E-state index in [1.165, 1.54) is 0 Å². The SMILES string of the molecule is Cc1cnccc1C(=O)Cc1cnc(-c2cc(-c3ccno3)ccc2C)cn1. The minimum Gasteiger partial charge on any atom is -0.356 e. The van der Waals surface area contributed by atoms with E-state index >= 15 is 0 Å². The third kappa shape index (κ3) is 3.57. The maximum absolute atomic E-state index is 12.5. The van der Waals surface area contributed by atoms with Crippen LogP contribution in [-0.2, 0) is 6.42 Å². The molecule has 6 nitrogen and oxygen atoms in total. The van der Waals surface area contributed by atoms with Crippen molar-refractivity contribution < 1.29 is 9.32 Å². The summed E-state index contributed by atoms with van der Waals surface area (Å²) >= 11 is 0. The molecule has 0 aliphatic heterocycles. The highest BCUT2D eigenvalue weighted by atomic mass is 16.5. The van der Waals surface area contributed by atoms with Gasteiger partial charge < -0.3 is 4.52 Å². The van der Waals surface area contributed by atoms with Gasteiger partial charge in [0.2, 0.25) is 0 Å². The monoisotopic (exact) mass is 370 g/mol. The van der Waals surface area contributed by atoms with Crippen LogP contribution in [0.2, 0.25) is 0 Å². The second-order valence-electron chi connectivity index (χ2n) is 6.59. The summed E-state index contributed by atoms with van der Waals surface area (Å²) in [4.78, 5) is 25.5. The van der Waals surface area contributed by atoms with Crippen LogP contribution >= 0.6 is 0 Å². The van der Waals surface area contributed by atoms with Crippen molar-refractivity contribution in [1.29, 1.82) is 0 Å². The molecule has 0 spiro atoms. The zero-order chi connectivity index (χ0) is 19.5. The molecule has 0 bridgehead atoms.